The van der Waals surface area contributed by atoms with E-state index < -0.39 is 0 Å². The maximum atomic E-state index is 14.2. The van der Waals surface area contributed by atoms with Gasteiger partial charge in [-0.15, -0.1) is 12.6 Å². The number of nitrogens with one attached hydrogen (secondary N) is 1. The number of rotatable bonds is 1. The van der Waals surface area contributed by atoms with E-state index in [1.54, 1.807) is 0 Å². The molecule has 0 amide bonds. The predicted octanol–water partition coefficient (Wildman–Crippen LogP) is 4.62. The molecule has 0 radical (unpaired) electrons. The quantitative estimate of drug-likeness (QED) is 0.698. The number of thiol groups is 1. The molecule has 3 heteroatoms. The molecule has 1 nitrogen and oxygen atoms in total. The van der Waals surface area contributed by atoms with E-state index in [1.807, 2.05) is 53.7 Å². The second kappa shape index (κ2) is 4.52. The monoisotopic (exact) mass is 255 g/mol. The second-order valence-corrected chi connectivity index (χ2v) is 6.90. The summed E-state index contributed by atoms with van der Waals surface area (Å²) in [6.45, 7) is 12.1. The van der Waals surface area contributed by atoms with Crippen molar-refractivity contribution in [3.8, 4) is 0 Å². The average molecular weight is 255 g/mol. The summed E-state index contributed by atoms with van der Waals surface area (Å²) in [6, 6.07) is 3.74. The average Bonchev–Trinajstić information content (AvgIpc) is 2.08. The third-order valence-electron chi connectivity index (χ3n) is 2.43. The maximum Gasteiger partial charge on any atom is 0.142 e. The highest BCUT2D eigenvalue weighted by atomic mass is 32.1. The van der Waals surface area contributed by atoms with E-state index in [9.17, 15) is 4.39 Å². The zero-order valence-electron chi connectivity index (χ0n) is 11.5. The molecule has 0 saturated heterocycles. The molecule has 17 heavy (non-hydrogen) atoms. The normalized spacial score (nSPS) is 12.7. The molecule has 0 spiro atoms. The highest BCUT2D eigenvalue weighted by Crippen LogP contribution is 2.33. The van der Waals surface area contributed by atoms with Gasteiger partial charge in [0.1, 0.15) is 5.82 Å². The molecule has 96 valence electrons. The third kappa shape index (κ3) is 3.63. The first-order chi connectivity index (χ1) is 7.52. The minimum Gasteiger partial charge on any atom is -0.379 e. The van der Waals surface area contributed by atoms with Crippen molar-refractivity contribution >= 4 is 18.3 Å². The molecule has 0 bridgehead atoms. The Labute approximate surface area is 109 Å². The Morgan fingerprint density at radius 2 is 1.59 bits per heavy atom. The van der Waals surface area contributed by atoms with Crippen LogP contribution in [-0.4, -0.2) is 5.54 Å². The van der Waals surface area contributed by atoms with Gasteiger partial charge in [-0.3, -0.25) is 0 Å². The SMILES string of the molecule is CC(C)(C)Nc1ccc(C(C)(C)C)c(F)c1S. The summed E-state index contributed by atoms with van der Waals surface area (Å²) >= 11 is 4.29. The van der Waals surface area contributed by atoms with Crippen LogP contribution >= 0.6 is 12.6 Å². The smallest absolute Gasteiger partial charge is 0.142 e. The van der Waals surface area contributed by atoms with Crippen molar-refractivity contribution in [2.24, 2.45) is 0 Å². The summed E-state index contributed by atoms with van der Waals surface area (Å²) in [6.07, 6.45) is 0. The number of hydrogen-bond acceptors (Lipinski definition) is 2. The fourth-order valence-electron chi connectivity index (χ4n) is 1.65. The first kappa shape index (κ1) is 14.4. The van der Waals surface area contributed by atoms with E-state index in [-0.39, 0.29) is 16.8 Å². The highest BCUT2D eigenvalue weighted by molar-refractivity contribution is 7.80. The minimum absolute atomic E-state index is 0.104. The lowest BCUT2D eigenvalue weighted by Crippen LogP contribution is -2.26. The van der Waals surface area contributed by atoms with E-state index >= 15 is 0 Å². The van der Waals surface area contributed by atoms with Crippen LogP contribution in [0.4, 0.5) is 10.1 Å². The van der Waals surface area contributed by atoms with E-state index in [0.29, 0.717) is 10.5 Å². The molecule has 1 N–H and O–H groups in total. The first-order valence-corrected chi connectivity index (χ1v) is 6.27. The fraction of sp³-hybridized carbons (Fsp3) is 0.571. The van der Waals surface area contributed by atoms with Crippen molar-refractivity contribution in [3.63, 3.8) is 0 Å². The van der Waals surface area contributed by atoms with Gasteiger partial charge in [-0.1, -0.05) is 26.8 Å². The van der Waals surface area contributed by atoms with Gasteiger partial charge in [-0.25, -0.2) is 4.39 Å². The Balaban J connectivity index is 3.21. The van der Waals surface area contributed by atoms with Crippen molar-refractivity contribution in [1.82, 2.24) is 0 Å². The molecule has 0 saturated carbocycles. The molecule has 1 rings (SSSR count). The van der Waals surface area contributed by atoms with Crippen molar-refractivity contribution in [3.05, 3.63) is 23.5 Å². The van der Waals surface area contributed by atoms with Crippen molar-refractivity contribution in [2.45, 2.75) is 57.4 Å². The van der Waals surface area contributed by atoms with Gasteiger partial charge in [-0.05, 0) is 37.8 Å². The molecular formula is C14H22FNS. The van der Waals surface area contributed by atoms with Gasteiger partial charge in [0, 0.05) is 5.54 Å². The van der Waals surface area contributed by atoms with Gasteiger partial charge >= 0.3 is 0 Å². The van der Waals surface area contributed by atoms with Crippen LogP contribution in [0.1, 0.15) is 47.1 Å². The molecule has 0 heterocycles. The molecule has 0 atom stereocenters. The summed E-state index contributed by atoms with van der Waals surface area (Å²) < 4.78 is 14.2. The molecule has 1 aromatic carbocycles. The van der Waals surface area contributed by atoms with Crippen LogP contribution in [-0.2, 0) is 5.41 Å². The summed E-state index contributed by atoms with van der Waals surface area (Å²) in [4.78, 5) is 0.396. The Morgan fingerprint density at radius 1 is 1.06 bits per heavy atom. The fourth-order valence-corrected chi connectivity index (χ4v) is 1.90. The van der Waals surface area contributed by atoms with E-state index in [0.717, 1.165) is 5.69 Å². The van der Waals surface area contributed by atoms with Gasteiger partial charge in [0.25, 0.3) is 0 Å². The van der Waals surface area contributed by atoms with Crippen molar-refractivity contribution in [2.75, 3.05) is 5.32 Å². The molecule has 0 aromatic heterocycles. The molecule has 0 aliphatic rings. The van der Waals surface area contributed by atoms with Crippen molar-refractivity contribution in [1.29, 1.82) is 0 Å². The number of hydrogen-bond donors (Lipinski definition) is 2. The maximum absolute atomic E-state index is 14.2. The van der Waals surface area contributed by atoms with Crippen LogP contribution in [0.15, 0.2) is 17.0 Å². The lowest BCUT2D eigenvalue weighted by Gasteiger charge is -2.26. The standard InChI is InChI=1S/C14H22FNS/c1-13(2,3)9-7-8-10(12(17)11(9)15)16-14(4,5)6/h7-8,16-17H,1-6H3. The van der Waals surface area contributed by atoms with Gasteiger partial charge in [0.2, 0.25) is 0 Å². The topological polar surface area (TPSA) is 12.0 Å². The Hall–Kier alpha value is -0.700. The van der Waals surface area contributed by atoms with E-state index in [2.05, 4.69) is 17.9 Å². The van der Waals surface area contributed by atoms with Crippen molar-refractivity contribution < 1.29 is 4.39 Å². The summed E-state index contributed by atoms with van der Waals surface area (Å²) in [5.41, 5.74) is 1.13. The second-order valence-electron chi connectivity index (χ2n) is 6.45. The molecule has 1 aromatic rings. The highest BCUT2D eigenvalue weighted by Gasteiger charge is 2.22. The zero-order chi connectivity index (χ0) is 13.4. The van der Waals surface area contributed by atoms with Crippen LogP contribution < -0.4 is 5.32 Å². The van der Waals surface area contributed by atoms with Gasteiger partial charge in [0.05, 0.1) is 10.6 Å². The molecule has 0 aliphatic carbocycles. The zero-order valence-corrected chi connectivity index (χ0v) is 12.4. The van der Waals surface area contributed by atoms with E-state index in [1.165, 1.54) is 0 Å². The van der Waals surface area contributed by atoms with Crippen LogP contribution in [0.5, 0.6) is 0 Å². The Morgan fingerprint density at radius 3 is 2.00 bits per heavy atom. The minimum atomic E-state index is -0.227. The lowest BCUT2D eigenvalue weighted by atomic mass is 9.86. The summed E-state index contributed by atoms with van der Waals surface area (Å²) in [5.74, 6) is -0.227. The summed E-state index contributed by atoms with van der Waals surface area (Å²) in [5, 5.41) is 3.25. The molecule has 0 fully saturated rings. The van der Waals surface area contributed by atoms with Gasteiger partial charge in [0.15, 0.2) is 0 Å². The summed E-state index contributed by atoms with van der Waals surface area (Å²) in [7, 11) is 0. The lowest BCUT2D eigenvalue weighted by molar-refractivity contribution is 0.509. The number of benzene rings is 1. The molecule has 0 aliphatic heterocycles. The molecular weight excluding hydrogens is 233 g/mol. The molecule has 0 unspecified atom stereocenters. The van der Waals surface area contributed by atoms with E-state index in [4.69, 9.17) is 0 Å². The van der Waals surface area contributed by atoms with Crippen LogP contribution in [0, 0.1) is 5.82 Å². The first-order valence-electron chi connectivity index (χ1n) is 5.82. The number of anilines is 1. The van der Waals surface area contributed by atoms with Crippen LogP contribution in [0.25, 0.3) is 0 Å². The van der Waals surface area contributed by atoms with Crippen LogP contribution in [0.3, 0.4) is 0 Å². The van der Waals surface area contributed by atoms with Gasteiger partial charge in [-0.2, -0.15) is 0 Å². The predicted molar refractivity (Wildman–Crippen MR) is 75.7 cm³/mol. The van der Waals surface area contributed by atoms with Gasteiger partial charge < -0.3 is 5.32 Å². The Bertz CT molecular complexity index is 413. The largest absolute Gasteiger partial charge is 0.379 e. The number of halogens is 1. The Kier molecular flexibility index (Phi) is 3.82. The third-order valence-corrected chi connectivity index (χ3v) is 2.87. The van der Waals surface area contributed by atoms with Crippen LogP contribution in [0.2, 0.25) is 0 Å².